The largest absolute Gasteiger partial charge is 0.507 e. The fourth-order valence-corrected chi connectivity index (χ4v) is 6.08. The predicted molar refractivity (Wildman–Crippen MR) is 167 cm³/mol. The van der Waals surface area contributed by atoms with Crippen LogP contribution in [0.3, 0.4) is 0 Å². The Balaban J connectivity index is 2.35. The first-order valence-electron chi connectivity index (χ1n) is 14.9. The number of phenols is 2. The van der Waals surface area contributed by atoms with Gasteiger partial charge in [0.05, 0.1) is 5.16 Å². The van der Waals surface area contributed by atoms with Crippen LogP contribution < -0.4 is 0 Å². The second kappa shape index (κ2) is 14.7. The second-order valence-electron chi connectivity index (χ2n) is 10.9. The van der Waals surface area contributed by atoms with Crippen LogP contribution in [0.4, 0.5) is 0 Å². The first kappa shape index (κ1) is 30.2. The van der Waals surface area contributed by atoms with Crippen LogP contribution in [0.1, 0.15) is 118 Å². The van der Waals surface area contributed by atoms with Crippen molar-refractivity contribution in [3.63, 3.8) is 0 Å². The molecule has 0 fully saturated rings. The summed E-state index contributed by atoms with van der Waals surface area (Å²) >= 11 is 0. The smallest absolute Gasteiger partial charge is 0.123 e. The van der Waals surface area contributed by atoms with Gasteiger partial charge >= 0.3 is 0 Å². The monoisotopic (exact) mass is 532 g/mol. The summed E-state index contributed by atoms with van der Waals surface area (Å²) in [6.45, 7) is 8.84. The van der Waals surface area contributed by atoms with Crippen molar-refractivity contribution >= 4 is 9.24 Å². The van der Waals surface area contributed by atoms with Crippen molar-refractivity contribution in [3.8, 4) is 11.5 Å². The minimum absolute atomic E-state index is 0.367. The molecule has 0 saturated heterocycles. The lowest BCUT2D eigenvalue weighted by molar-refractivity contribution is 0.446. The summed E-state index contributed by atoms with van der Waals surface area (Å²) in [4.78, 5) is 0. The van der Waals surface area contributed by atoms with Gasteiger partial charge in [0, 0.05) is 11.1 Å². The first-order chi connectivity index (χ1) is 18.4. The highest BCUT2D eigenvalue weighted by Crippen LogP contribution is 2.53. The molecule has 3 rings (SSSR count). The quantitative estimate of drug-likeness (QED) is 0.151. The van der Waals surface area contributed by atoms with Crippen molar-refractivity contribution in [1.82, 2.24) is 0 Å². The van der Waals surface area contributed by atoms with Crippen LogP contribution in [0.2, 0.25) is 0 Å². The maximum absolute atomic E-state index is 11.8. The highest BCUT2D eigenvalue weighted by molar-refractivity contribution is 7.19. The van der Waals surface area contributed by atoms with Crippen molar-refractivity contribution in [2.45, 2.75) is 110 Å². The maximum Gasteiger partial charge on any atom is 0.123 e. The first-order valence-corrected chi connectivity index (χ1v) is 15.5. The van der Waals surface area contributed by atoms with Crippen LogP contribution in [-0.2, 0) is 30.8 Å². The summed E-state index contributed by atoms with van der Waals surface area (Å²) in [7, 11) is 3.09. The van der Waals surface area contributed by atoms with E-state index in [-0.39, 0.29) is 0 Å². The van der Waals surface area contributed by atoms with Crippen LogP contribution in [0.15, 0.2) is 54.6 Å². The van der Waals surface area contributed by atoms with Gasteiger partial charge in [-0.1, -0.05) is 108 Å². The van der Waals surface area contributed by atoms with Gasteiger partial charge in [-0.05, 0) is 79.2 Å². The van der Waals surface area contributed by atoms with E-state index in [1.54, 1.807) is 0 Å². The summed E-state index contributed by atoms with van der Waals surface area (Å²) in [5.41, 5.74) is 7.37. The molecule has 0 amide bonds. The molecule has 0 aliphatic heterocycles. The van der Waals surface area contributed by atoms with E-state index in [0.717, 1.165) is 105 Å². The minimum atomic E-state index is -0.776. The van der Waals surface area contributed by atoms with Crippen LogP contribution in [0, 0.1) is 0 Å². The van der Waals surface area contributed by atoms with E-state index in [1.807, 2.05) is 6.07 Å². The number of aryl methyl sites for hydroxylation is 4. The molecule has 0 heterocycles. The lowest BCUT2D eigenvalue weighted by Crippen LogP contribution is -2.23. The van der Waals surface area contributed by atoms with E-state index >= 15 is 0 Å². The van der Waals surface area contributed by atoms with Gasteiger partial charge < -0.3 is 10.2 Å². The van der Waals surface area contributed by atoms with Crippen molar-refractivity contribution in [3.05, 3.63) is 93.5 Å². The Morgan fingerprint density at radius 2 is 0.974 bits per heavy atom. The number of phenolic OH excluding ortho intramolecular Hbond substituents is 2. The molecule has 0 saturated carbocycles. The van der Waals surface area contributed by atoms with E-state index in [2.05, 4.69) is 85.5 Å². The van der Waals surface area contributed by atoms with Gasteiger partial charge in [-0.2, -0.15) is 0 Å². The van der Waals surface area contributed by atoms with Crippen LogP contribution in [0.25, 0.3) is 0 Å². The number of benzene rings is 3. The van der Waals surface area contributed by atoms with Gasteiger partial charge in [-0.25, -0.2) is 0 Å². The molecule has 0 radical (unpaired) electrons. The Kier molecular flexibility index (Phi) is 11.7. The molecule has 38 heavy (non-hydrogen) atoms. The van der Waals surface area contributed by atoms with E-state index in [4.69, 9.17) is 0 Å². The second-order valence-corrected chi connectivity index (χ2v) is 11.8. The highest BCUT2D eigenvalue weighted by atomic mass is 31.0. The summed E-state index contributed by atoms with van der Waals surface area (Å²) in [6, 6.07) is 19.2. The average molecular weight is 533 g/mol. The van der Waals surface area contributed by atoms with E-state index < -0.39 is 5.16 Å². The maximum atomic E-state index is 11.8. The molecule has 0 aliphatic rings. The SMILES string of the molecule is CCCCc1cc(CCCC)c(O)c(C(P)(c2ccccc2)c2cc(CCCC)cc(CCCC)c2O)c1. The fraction of sp³-hybridized carbons (Fsp3) is 0.486. The van der Waals surface area contributed by atoms with Gasteiger partial charge in [0.2, 0.25) is 0 Å². The molecule has 0 aromatic heterocycles. The Labute approximate surface area is 234 Å². The Hall–Kier alpha value is -2.31. The van der Waals surface area contributed by atoms with Crippen molar-refractivity contribution in [2.24, 2.45) is 0 Å². The zero-order valence-corrected chi connectivity index (χ0v) is 25.3. The molecule has 0 spiro atoms. The van der Waals surface area contributed by atoms with E-state index in [9.17, 15) is 10.2 Å². The molecule has 3 heteroatoms. The number of hydrogen-bond donors (Lipinski definition) is 2. The van der Waals surface area contributed by atoms with Gasteiger partial charge in [0.15, 0.2) is 0 Å². The summed E-state index contributed by atoms with van der Waals surface area (Å²) in [5.74, 6) is 0.733. The standard InChI is InChI=1S/C35H49O2P/c1-5-9-16-26-22-28(18-11-7-3)33(36)31(24-26)35(38,30-20-14-13-15-21-30)32-25-27(17-10-6-2)23-29(34(32)37)19-12-8-4/h13-15,20-25,36-37H,5-12,16-19,38H2,1-4H3. The van der Waals surface area contributed by atoms with Gasteiger partial charge in [0.25, 0.3) is 0 Å². The summed E-state index contributed by atoms with van der Waals surface area (Å²) < 4.78 is 0. The number of aromatic hydroxyl groups is 2. The van der Waals surface area contributed by atoms with E-state index in [0.29, 0.717) is 11.5 Å². The normalized spacial score (nSPS) is 11.7. The average Bonchev–Trinajstić information content (AvgIpc) is 2.94. The van der Waals surface area contributed by atoms with Crippen LogP contribution in [-0.4, -0.2) is 10.2 Å². The van der Waals surface area contributed by atoms with Crippen molar-refractivity contribution in [1.29, 1.82) is 0 Å². The molecule has 3 aromatic carbocycles. The zero-order chi connectivity index (χ0) is 27.5. The molecule has 0 aliphatic carbocycles. The molecule has 3 aromatic rings. The summed E-state index contributed by atoms with van der Waals surface area (Å²) in [5, 5.41) is 22.9. The third-order valence-electron chi connectivity index (χ3n) is 7.81. The highest BCUT2D eigenvalue weighted by Gasteiger charge is 2.38. The molecule has 1 unspecified atom stereocenters. The van der Waals surface area contributed by atoms with Gasteiger partial charge in [-0.15, -0.1) is 9.24 Å². The number of hydrogen-bond acceptors (Lipinski definition) is 2. The topological polar surface area (TPSA) is 40.5 Å². The fourth-order valence-electron chi connectivity index (χ4n) is 5.45. The zero-order valence-electron chi connectivity index (χ0n) is 24.2. The van der Waals surface area contributed by atoms with Crippen molar-refractivity contribution in [2.75, 3.05) is 0 Å². The minimum Gasteiger partial charge on any atom is -0.507 e. The van der Waals surface area contributed by atoms with E-state index in [1.165, 1.54) is 11.1 Å². The third-order valence-corrected chi connectivity index (χ3v) is 8.77. The third kappa shape index (κ3) is 7.01. The predicted octanol–water partition coefficient (Wildman–Crippen LogP) is 9.64. The molecule has 206 valence electrons. The molecule has 2 nitrogen and oxygen atoms in total. The Morgan fingerprint density at radius 3 is 1.37 bits per heavy atom. The van der Waals surface area contributed by atoms with Gasteiger partial charge in [-0.3, -0.25) is 0 Å². The van der Waals surface area contributed by atoms with Crippen LogP contribution >= 0.6 is 9.24 Å². The molecule has 2 N–H and O–H groups in total. The molecular formula is C35H49O2P. The van der Waals surface area contributed by atoms with Crippen LogP contribution in [0.5, 0.6) is 11.5 Å². The summed E-state index contributed by atoms with van der Waals surface area (Å²) in [6.07, 6.45) is 12.4. The lowest BCUT2D eigenvalue weighted by atomic mass is 9.79. The van der Waals surface area contributed by atoms with Gasteiger partial charge in [0.1, 0.15) is 11.5 Å². The van der Waals surface area contributed by atoms with Crippen molar-refractivity contribution < 1.29 is 10.2 Å². The Morgan fingerprint density at radius 1 is 0.579 bits per heavy atom. The molecular weight excluding hydrogens is 483 g/mol. The Bertz CT molecular complexity index is 1080. The lowest BCUT2D eigenvalue weighted by Gasteiger charge is -2.35. The molecule has 0 bridgehead atoms. The molecule has 1 atom stereocenters. The number of unbranched alkanes of at least 4 members (excludes halogenated alkanes) is 4. The number of rotatable bonds is 15.